The SMILES string of the molecule is CC1[CH]NC=C1. The molecule has 1 aliphatic heterocycles. The van der Waals surface area contributed by atoms with Crippen molar-refractivity contribution in [3.05, 3.63) is 18.8 Å². The van der Waals surface area contributed by atoms with E-state index in [1.54, 1.807) is 0 Å². The van der Waals surface area contributed by atoms with Gasteiger partial charge in [-0.25, -0.2) is 0 Å². The van der Waals surface area contributed by atoms with Gasteiger partial charge in [0, 0.05) is 0 Å². The quantitative estimate of drug-likeness (QED) is 0.458. The number of rotatable bonds is 0. The van der Waals surface area contributed by atoms with Gasteiger partial charge >= 0.3 is 0 Å². The molecule has 1 N–H and O–H groups in total. The van der Waals surface area contributed by atoms with Gasteiger partial charge in [0.2, 0.25) is 0 Å². The van der Waals surface area contributed by atoms with E-state index in [2.05, 4.69) is 18.3 Å². The number of hydrogen-bond acceptors (Lipinski definition) is 1. The zero-order valence-electron chi connectivity index (χ0n) is 3.81. The Labute approximate surface area is 38.1 Å². The molecular formula is C5H8N. The Morgan fingerprint density at radius 3 is 2.67 bits per heavy atom. The summed E-state index contributed by atoms with van der Waals surface area (Å²) in [6.07, 6.45) is 4.06. The summed E-state index contributed by atoms with van der Waals surface area (Å²) in [4.78, 5) is 0. The third-order valence-corrected chi connectivity index (χ3v) is 0.855. The topological polar surface area (TPSA) is 12.0 Å². The van der Waals surface area contributed by atoms with Crippen LogP contribution in [0.4, 0.5) is 0 Å². The fourth-order valence-electron chi connectivity index (χ4n) is 0.470. The Morgan fingerprint density at radius 1 is 1.67 bits per heavy atom. The molecule has 0 bridgehead atoms. The van der Waals surface area contributed by atoms with Crippen LogP contribution >= 0.6 is 0 Å². The molecule has 0 aliphatic carbocycles. The minimum atomic E-state index is 0.630. The van der Waals surface area contributed by atoms with Crippen LogP contribution in [0, 0.1) is 12.5 Å². The third-order valence-electron chi connectivity index (χ3n) is 0.855. The Bertz CT molecular complexity index is 66.3. The second-order valence-corrected chi connectivity index (χ2v) is 1.55. The molecule has 0 aromatic carbocycles. The maximum atomic E-state index is 2.97. The van der Waals surface area contributed by atoms with Crippen LogP contribution in [0.25, 0.3) is 0 Å². The summed E-state index contributed by atoms with van der Waals surface area (Å²) < 4.78 is 0. The van der Waals surface area contributed by atoms with Gasteiger partial charge in [0.25, 0.3) is 0 Å². The molecule has 1 heteroatoms. The molecular weight excluding hydrogens is 74.1 g/mol. The van der Waals surface area contributed by atoms with Crippen molar-refractivity contribution in [1.29, 1.82) is 0 Å². The molecule has 1 aliphatic rings. The predicted molar refractivity (Wildman–Crippen MR) is 25.7 cm³/mol. The van der Waals surface area contributed by atoms with Crippen molar-refractivity contribution in [2.24, 2.45) is 5.92 Å². The zero-order chi connectivity index (χ0) is 4.41. The van der Waals surface area contributed by atoms with E-state index in [1.807, 2.05) is 12.7 Å². The van der Waals surface area contributed by atoms with Gasteiger partial charge in [-0.1, -0.05) is 13.0 Å². The number of nitrogens with one attached hydrogen (secondary N) is 1. The predicted octanol–water partition coefficient (Wildman–Crippen LogP) is 0.901. The Kier molecular flexibility index (Phi) is 0.825. The van der Waals surface area contributed by atoms with Gasteiger partial charge in [-0.05, 0) is 12.1 Å². The second-order valence-electron chi connectivity index (χ2n) is 1.55. The Morgan fingerprint density at radius 2 is 2.50 bits per heavy atom. The lowest BCUT2D eigenvalue weighted by molar-refractivity contribution is 0.835. The molecule has 0 fully saturated rings. The first-order valence-electron chi connectivity index (χ1n) is 2.15. The van der Waals surface area contributed by atoms with Crippen molar-refractivity contribution in [3.63, 3.8) is 0 Å². The second kappa shape index (κ2) is 1.33. The fourth-order valence-corrected chi connectivity index (χ4v) is 0.470. The lowest BCUT2D eigenvalue weighted by atomic mass is 10.2. The molecule has 33 valence electrons. The average molecular weight is 82.1 g/mol. The van der Waals surface area contributed by atoms with Crippen molar-refractivity contribution in [3.8, 4) is 0 Å². The molecule has 1 atom stereocenters. The Balaban J connectivity index is 2.38. The molecule has 1 unspecified atom stereocenters. The summed E-state index contributed by atoms with van der Waals surface area (Å²) >= 11 is 0. The minimum Gasteiger partial charge on any atom is -0.386 e. The van der Waals surface area contributed by atoms with E-state index >= 15 is 0 Å². The van der Waals surface area contributed by atoms with E-state index in [1.165, 1.54) is 0 Å². The van der Waals surface area contributed by atoms with Gasteiger partial charge in [-0.3, -0.25) is 0 Å². The first kappa shape index (κ1) is 3.72. The highest BCUT2D eigenvalue weighted by Gasteiger charge is 1.98. The minimum absolute atomic E-state index is 0.630. The molecule has 0 aromatic heterocycles. The van der Waals surface area contributed by atoms with Crippen LogP contribution in [-0.4, -0.2) is 0 Å². The molecule has 0 spiro atoms. The van der Waals surface area contributed by atoms with E-state index in [9.17, 15) is 0 Å². The zero-order valence-corrected chi connectivity index (χ0v) is 3.81. The molecule has 6 heavy (non-hydrogen) atoms. The molecule has 0 aromatic rings. The van der Waals surface area contributed by atoms with E-state index in [-0.39, 0.29) is 0 Å². The largest absolute Gasteiger partial charge is 0.386 e. The summed E-state index contributed by atoms with van der Waals surface area (Å²) in [5, 5.41) is 2.97. The van der Waals surface area contributed by atoms with Gasteiger partial charge in [0.1, 0.15) is 0 Å². The van der Waals surface area contributed by atoms with E-state index < -0.39 is 0 Å². The normalized spacial score (nSPS) is 30.5. The molecule has 0 saturated carbocycles. The summed E-state index contributed by atoms with van der Waals surface area (Å²) in [6.45, 7) is 4.18. The summed E-state index contributed by atoms with van der Waals surface area (Å²) in [5.41, 5.74) is 0. The summed E-state index contributed by atoms with van der Waals surface area (Å²) in [6, 6.07) is 0. The van der Waals surface area contributed by atoms with Crippen molar-refractivity contribution in [1.82, 2.24) is 5.32 Å². The van der Waals surface area contributed by atoms with Crippen molar-refractivity contribution in [2.75, 3.05) is 0 Å². The van der Waals surface area contributed by atoms with Crippen LogP contribution in [0.5, 0.6) is 0 Å². The van der Waals surface area contributed by atoms with Crippen LogP contribution in [0.1, 0.15) is 6.92 Å². The van der Waals surface area contributed by atoms with Gasteiger partial charge in [0.05, 0.1) is 6.54 Å². The fraction of sp³-hybridized carbons (Fsp3) is 0.400. The lowest BCUT2D eigenvalue weighted by Crippen LogP contribution is -1.95. The molecule has 1 heterocycles. The number of hydrogen-bond donors (Lipinski definition) is 1. The molecule has 1 rings (SSSR count). The van der Waals surface area contributed by atoms with Crippen LogP contribution in [0.15, 0.2) is 12.3 Å². The molecule has 0 amide bonds. The smallest absolute Gasteiger partial charge is 0.0523 e. The first-order chi connectivity index (χ1) is 2.89. The maximum absolute atomic E-state index is 2.97. The molecule has 1 nitrogen and oxygen atoms in total. The standard InChI is InChI=1S/C5H8N/c1-5-2-3-6-4-5/h2-6H,1H3. The van der Waals surface area contributed by atoms with E-state index in [0.29, 0.717) is 5.92 Å². The lowest BCUT2D eigenvalue weighted by Gasteiger charge is -1.90. The Hall–Kier alpha value is -0.460. The highest BCUT2D eigenvalue weighted by atomic mass is 14.8. The van der Waals surface area contributed by atoms with Gasteiger partial charge in [0.15, 0.2) is 0 Å². The van der Waals surface area contributed by atoms with Gasteiger partial charge in [-0.2, -0.15) is 0 Å². The van der Waals surface area contributed by atoms with Crippen LogP contribution < -0.4 is 5.32 Å². The average Bonchev–Trinajstić information content (AvgIpc) is 1.86. The van der Waals surface area contributed by atoms with Gasteiger partial charge in [-0.15, -0.1) is 0 Å². The summed E-state index contributed by atoms with van der Waals surface area (Å²) in [5.74, 6) is 0.630. The third kappa shape index (κ3) is 0.534. The molecule has 0 saturated heterocycles. The van der Waals surface area contributed by atoms with E-state index in [0.717, 1.165) is 0 Å². The van der Waals surface area contributed by atoms with Crippen LogP contribution in [-0.2, 0) is 0 Å². The van der Waals surface area contributed by atoms with Crippen LogP contribution in [0.3, 0.4) is 0 Å². The van der Waals surface area contributed by atoms with Crippen molar-refractivity contribution < 1.29 is 0 Å². The monoisotopic (exact) mass is 82.1 g/mol. The van der Waals surface area contributed by atoms with Crippen LogP contribution in [0.2, 0.25) is 0 Å². The van der Waals surface area contributed by atoms with Gasteiger partial charge < -0.3 is 5.32 Å². The van der Waals surface area contributed by atoms with Crippen molar-refractivity contribution in [2.45, 2.75) is 6.92 Å². The first-order valence-corrected chi connectivity index (χ1v) is 2.15. The van der Waals surface area contributed by atoms with E-state index in [4.69, 9.17) is 0 Å². The highest BCUT2D eigenvalue weighted by Crippen LogP contribution is 2.03. The van der Waals surface area contributed by atoms with Crippen molar-refractivity contribution >= 4 is 0 Å². The molecule has 1 radical (unpaired) electrons. The highest BCUT2D eigenvalue weighted by molar-refractivity contribution is 5.00. The summed E-state index contributed by atoms with van der Waals surface area (Å²) in [7, 11) is 0. The maximum Gasteiger partial charge on any atom is 0.0523 e.